The number of carboxylic acid groups (broad SMARTS) is 1. The topological polar surface area (TPSA) is 40.5 Å². The zero-order chi connectivity index (χ0) is 10.4. The highest BCUT2D eigenvalue weighted by Crippen LogP contribution is 2.20. The van der Waals surface area contributed by atoms with Crippen LogP contribution in [0, 0.1) is 0 Å². The molecule has 1 fully saturated rings. The van der Waals surface area contributed by atoms with E-state index in [1.54, 1.807) is 6.20 Å². The predicted octanol–water partition coefficient (Wildman–Crippen LogP) is 2.24. The molecule has 14 heavy (non-hydrogen) atoms. The van der Waals surface area contributed by atoms with Crippen molar-refractivity contribution < 1.29 is 9.90 Å². The van der Waals surface area contributed by atoms with Gasteiger partial charge in [-0.05, 0) is 12.8 Å². The summed E-state index contributed by atoms with van der Waals surface area (Å²) in [6, 6.07) is 0.535. The summed E-state index contributed by atoms with van der Waals surface area (Å²) in [5.74, 6) is -0.870. The molecule has 0 aromatic rings. The molecule has 0 amide bonds. The van der Waals surface area contributed by atoms with Gasteiger partial charge in [0.2, 0.25) is 0 Å². The molecular weight excluding hydrogens is 178 g/mol. The lowest BCUT2D eigenvalue weighted by atomic mass is 10.1. The zero-order valence-corrected chi connectivity index (χ0v) is 8.78. The minimum Gasteiger partial charge on any atom is -0.478 e. The molecule has 0 aliphatic heterocycles. The highest BCUT2D eigenvalue weighted by Gasteiger charge is 2.14. The van der Waals surface area contributed by atoms with Gasteiger partial charge in [0.05, 0.1) is 0 Å². The summed E-state index contributed by atoms with van der Waals surface area (Å²) in [4.78, 5) is 12.4. The monoisotopic (exact) mass is 197 g/mol. The third-order valence-corrected chi connectivity index (χ3v) is 2.85. The molecule has 0 unspecified atom stereocenters. The Balaban J connectivity index is 2.41. The Bertz CT molecular complexity index is 205. The van der Waals surface area contributed by atoms with Gasteiger partial charge in [0.25, 0.3) is 0 Å². The normalized spacial score (nSPS) is 19.5. The molecule has 1 saturated carbocycles. The molecule has 0 aromatic carbocycles. The van der Waals surface area contributed by atoms with Crippen LogP contribution < -0.4 is 0 Å². The highest BCUT2D eigenvalue weighted by molar-refractivity contribution is 5.79. The zero-order valence-electron chi connectivity index (χ0n) is 8.78. The summed E-state index contributed by atoms with van der Waals surface area (Å²) in [6.45, 7) is 0. The van der Waals surface area contributed by atoms with E-state index in [-0.39, 0.29) is 0 Å². The van der Waals surface area contributed by atoms with Crippen molar-refractivity contribution in [3.05, 3.63) is 12.3 Å². The van der Waals surface area contributed by atoms with Gasteiger partial charge in [0.15, 0.2) is 0 Å². The Labute approximate surface area is 85.4 Å². The Morgan fingerprint density at radius 1 is 1.29 bits per heavy atom. The number of rotatable bonds is 3. The van der Waals surface area contributed by atoms with E-state index in [1.807, 2.05) is 11.9 Å². The lowest BCUT2D eigenvalue weighted by Gasteiger charge is -2.25. The molecule has 0 saturated heterocycles. The molecule has 0 bridgehead atoms. The molecule has 1 N–H and O–H groups in total. The molecule has 80 valence electrons. The van der Waals surface area contributed by atoms with Crippen molar-refractivity contribution in [3.8, 4) is 0 Å². The number of hydrogen-bond donors (Lipinski definition) is 1. The maximum Gasteiger partial charge on any atom is 0.329 e. The van der Waals surface area contributed by atoms with Gasteiger partial charge in [0.1, 0.15) is 0 Å². The molecule has 0 atom stereocenters. The maximum atomic E-state index is 10.3. The first kappa shape index (κ1) is 11.1. The van der Waals surface area contributed by atoms with E-state index in [4.69, 9.17) is 5.11 Å². The van der Waals surface area contributed by atoms with Crippen LogP contribution in [0.25, 0.3) is 0 Å². The Hall–Kier alpha value is -0.990. The van der Waals surface area contributed by atoms with Crippen molar-refractivity contribution in [2.24, 2.45) is 0 Å². The Morgan fingerprint density at radius 3 is 2.36 bits per heavy atom. The molecule has 3 heteroatoms. The van der Waals surface area contributed by atoms with E-state index in [2.05, 4.69) is 0 Å². The molecule has 3 nitrogen and oxygen atoms in total. The second kappa shape index (κ2) is 5.68. The van der Waals surface area contributed by atoms with Crippen LogP contribution in [0.2, 0.25) is 0 Å². The van der Waals surface area contributed by atoms with Crippen LogP contribution >= 0.6 is 0 Å². The first-order chi connectivity index (χ1) is 6.70. The summed E-state index contributed by atoms with van der Waals surface area (Å²) in [6.07, 6.45) is 10.5. The smallest absolute Gasteiger partial charge is 0.329 e. The summed E-state index contributed by atoms with van der Waals surface area (Å²) in [5, 5.41) is 8.50. The minimum absolute atomic E-state index is 0.535. The van der Waals surface area contributed by atoms with E-state index in [9.17, 15) is 4.79 Å². The fourth-order valence-electron chi connectivity index (χ4n) is 1.97. The number of carbonyl (C=O) groups is 1. The summed E-state index contributed by atoms with van der Waals surface area (Å²) >= 11 is 0. The minimum atomic E-state index is -0.870. The summed E-state index contributed by atoms with van der Waals surface area (Å²) in [7, 11) is 1.97. The molecule has 1 rings (SSSR count). The number of nitrogens with zero attached hydrogens (tertiary/aromatic N) is 1. The van der Waals surface area contributed by atoms with Gasteiger partial charge in [-0.25, -0.2) is 4.79 Å². The molecule has 0 heterocycles. The van der Waals surface area contributed by atoms with Gasteiger partial charge in [0, 0.05) is 25.4 Å². The van der Waals surface area contributed by atoms with Crippen LogP contribution in [0.1, 0.15) is 38.5 Å². The van der Waals surface area contributed by atoms with Crippen molar-refractivity contribution in [3.63, 3.8) is 0 Å². The lowest BCUT2D eigenvalue weighted by Crippen LogP contribution is -2.26. The molecular formula is C11H19NO2. The fraction of sp³-hybridized carbons (Fsp3) is 0.727. The van der Waals surface area contributed by atoms with Crippen molar-refractivity contribution >= 4 is 5.97 Å². The lowest BCUT2D eigenvalue weighted by molar-refractivity contribution is -0.131. The molecule has 1 aliphatic rings. The van der Waals surface area contributed by atoms with Crippen LogP contribution in [0.5, 0.6) is 0 Å². The van der Waals surface area contributed by atoms with Crippen molar-refractivity contribution in [1.29, 1.82) is 0 Å². The fourth-order valence-corrected chi connectivity index (χ4v) is 1.97. The van der Waals surface area contributed by atoms with Gasteiger partial charge < -0.3 is 10.0 Å². The largest absolute Gasteiger partial charge is 0.478 e. The first-order valence-electron chi connectivity index (χ1n) is 5.33. The molecule has 0 radical (unpaired) electrons. The van der Waals surface area contributed by atoms with Crippen molar-refractivity contribution in [1.82, 2.24) is 4.90 Å². The van der Waals surface area contributed by atoms with Crippen LogP contribution in [0.15, 0.2) is 12.3 Å². The standard InChI is InChI=1S/C11H19NO2/c1-12(9-8-11(13)14)10-6-4-2-3-5-7-10/h8-10H,2-7H2,1H3,(H,13,14). The second-order valence-electron chi connectivity index (χ2n) is 3.96. The van der Waals surface area contributed by atoms with Crippen LogP contribution in [-0.4, -0.2) is 29.1 Å². The van der Waals surface area contributed by atoms with Gasteiger partial charge in [-0.1, -0.05) is 25.7 Å². The SMILES string of the molecule is CN(C=CC(=O)O)C1CCCCCC1. The molecule has 0 spiro atoms. The second-order valence-corrected chi connectivity index (χ2v) is 3.96. The van der Waals surface area contributed by atoms with Crippen LogP contribution in [-0.2, 0) is 4.79 Å². The number of hydrogen-bond acceptors (Lipinski definition) is 2. The average Bonchev–Trinajstić information content (AvgIpc) is 2.42. The first-order valence-corrected chi connectivity index (χ1v) is 5.33. The maximum absolute atomic E-state index is 10.3. The van der Waals surface area contributed by atoms with Crippen molar-refractivity contribution in [2.75, 3.05) is 7.05 Å². The number of aliphatic carboxylic acids is 1. The third kappa shape index (κ3) is 3.81. The van der Waals surface area contributed by atoms with Crippen LogP contribution in [0.3, 0.4) is 0 Å². The predicted molar refractivity (Wildman–Crippen MR) is 56.0 cm³/mol. The van der Waals surface area contributed by atoms with E-state index >= 15 is 0 Å². The third-order valence-electron chi connectivity index (χ3n) is 2.85. The van der Waals surface area contributed by atoms with Gasteiger partial charge in [-0.3, -0.25) is 0 Å². The highest BCUT2D eigenvalue weighted by atomic mass is 16.4. The average molecular weight is 197 g/mol. The van der Waals surface area contributed by atoms with Gasteiger partial charge >= 0.3 is 5.97 Å². The Kier molecular flexibility index (Phi) is 4.50. The van der Waals surface area contributed by atoms with E-state index < -0.39 is 5.97 Å². The van der Waals surface area contributed by atoms with Gasteiger partial charge in [-0.15, -0.1) is 0 Å². The molecule has 1 aliphatic carbocycles. The number of carboxylic acids is 1. The van der Waals surface area contributed by atoms with Crippen molar-refractivity contribution in [2.45, 2.75) is 44.6 Å². The Morgan fingerprint density at radius 2 is 1.86 bits per heavy atom. The van der Waals surface area contributed by atoms with Gasteiger partial charge in [-0.2, -0.15) is 0 Å². The van der Waals surface area contributed by atoms with E-state index in [0.29, 0.717) is 6.04 Å². The summed E-state index contributed by atoms with van der Waals surface area (Å²) in [5.41, 5.74) is 0. The summed E-state index contributed by atoms with van der Waals surface area (Å²) < 4.78 is 0. The van der Waals surface area contributed by atoms with E-state index in [1.165, 1.54) is 44.6 Å². The molecule has 0 aromatic heterocycles. The van der Waals surface area contributed by atoms with E-state index in [0.717, 1.165) is 0 Å². The van der Waals surface area contributed by atoms with Crippen LogP contribution in [0.4, 0.5) is 0 Å². The quantitative estimate of drug-likeness (QED) is 0.557.